The Labute approximate surface area is 83.5 Å². The maximum Gasteiger partial charge on any atom is 0.0528 e. The third-order valence-corrected chi connectivity index (χ3v) is 1.95. The number of hydrogen-bond acceptors (Lipinski definition) is 2. The van der Waals surface area contributed by atoms with E-state index in [-0.39, 0.29) is 6.10 Å². The Hall–Kier alpha value is -0.730. The molecular weight excluding hydrogens is 186 g/mol. The van der Waals surface area contributed by atoms with Gasteiger partial charge < -0.3 is 10.4 Å². The fourth-order valence-corrected chi connectivity index (χ4v) is 1.21. The van der Waals surface area contributed by atoms with Gasteiger partial charge in [-0.2, -0.15) is 0 Å². The van der Waals surface area contributed by atoms with Gasteiger partial charge in [-0.05, 0) is 31.5 Å². The lowest BCUT2D eigenvalue weighted by Gasteiger charge is -2.07. The predicted octanol–water partition coefficient (Wildman–Crippen LogP) is 2.52. The molecule has 0 spiro atoms. The summed E-state index contributed by atoms with van der Waals surface area (Å²) in [5.74, 6) is 0. The van der Waals surface area contributed by atoms with Crippen LogP contribution in [0.15, 0.2) is 24.3 Å². The van der Waals surface area contributed by atoms with Gasteiger partial charge in [0.05, 0.1) is 6.10 Å². The van der Waals surface area contributed by atoms with Crippen LogP contribution >= 0.6 is 11.6 Å². The standard InChI is InChI=1S/C10H14ClNO/c1-8(13)5-6-12-10-4-2-3-9(11)7-10/h2-4,7-8,12-13H,5-6H2,1H3. The van der Waals surface area contributed by atoms with Crippen molar-refractivity contribution in [3.8, 4) is 0 Å². The summed E-state index contributed by atoms with van der Waals surface area (Å²) in [5, 5.41) is 12.9. The average Bonchev–Trinajstić information content (AvgIpc) is 2.03. The van der Waals surface area contributed by atoms with Crippen LogP contribution in [0.5, 0.6) is 0 Å². The minimum absolute atomic E-state index is 0.258. The summed E-state index contributed by atoms with van der Waals surface area (Å²) in [7, 11) is 0. The van der Waals surface area contributed by atoms with Crippen molar-refractivity contribution in [2.75, 3.05) is 11.9 Å². The molecule has 1 unspecified atom stereocenters. The second kappa shape index (κ2) is 5.10. The van der Waals surface area contributed by atoms with Crippen LogP contribution in [0.25, 0.3) is 0 Å². The second-order valence-corrected chi connectivity index (χ2v) is 3.51. The number of anilines is 1. The molecule has 0 fully saturated rings. The average molecular weight is 200 g/mol. The molecule has 0 bridgehead atoms. The molecule has 3 heteroatoms. The lowest BCUT2D eigenvalue weighted by atomic mass is 10.2. The van der Waals surface area contributed by atoms with Crippen molar-refractivity contribution in [1.29, 1.82) is 0 Å². The number of benzene rings is 1. The minimum atomic E-state index is -0.258. The molecular formula is C10H14ClNO. The Kier molecular flexibility index (Phi) is 4.06. The van der Waals surface area contributed by atoms with Crippen LogP contribution in [0.4, 0.5) is 5.69 Å². The van der Waals surface area contributed by atoms with Crippen molar-refractivity contribution in [2.45, 2.75) is 19.4 Å². The number of rotatable bonds is 4. The first-order valence-electron chi connectivity index (χ1n) is 4.36. The third-order valence-electron chi connectivity index (χ3n) is 1.72. The molecule has 13 heavy (non-hydrogen) atoms. The largest absolute Gasteiger partial charge is 0.393 e. The van der Waals surface area contributed by atoms with E-state index in [1.807, 2.05) is 24.3 Å². The highest BCUT2D eigenvalue weighted by atomic mass is 35.5. The molecule has 72 valence electrons. The van der Waals surface area contributed by atoms with Gasteiger partial charge in [-0.15, -0.1) is 0 Å². The summed E-state index contributed by atoms with van der Waals surface area (Å²) in [5.41, 5.74) is 0.994. The van der Waals surface area contributed by atoms with Crippen molar-refractivity contribution >= 4 is 17.3 Å². The molecule has 0 radical (unpaired) electrons. The van der Waals surface area contributed by atoms with E-state index in [1.54, 1.807) is 6.92 Å². The quantitative estimate of drug-likeness (QED) is 0.781. The molecule has 1 atom stereocenters. The summed E-state index contributed by atoms with van der Waals surface area (Å²) >= 11 is 5.80. The molecule has 2 N–H and O–H groups in total. The highest BCUT2D eigenvalue weighted by Crippen LogP contribution is 2.14. The zero-order valence-corrected chi connectivity index (χ0v) is 8.38. The van der Waals surface area contributed by atoms with E-state index in [4.69, 9.17) is 16.7 Å². The molecule has 1 aromatic carbocycles. The first kappa shape index (κ1) is 10.4. The lowest BCUT2D eigenvalue weighted by molar-refractivity contribution is 0.189. The molecule has 2 nitrogen and oxygen atoms in total. The number of hydrogen-bond donors (Lipinski definition) is 2. The highest BCUT2D eigenvalue weighted by Gasteiger charge is 1.95. The summed E-state index contributed by atoms with van der Waals surface area (Å²) in [6.07, 6.45) is 0.485. The first-order valence-corrected chi connectivity index (χ1v) is 4.74. The number of nitrogens with one attached hydrogen (secondary N) is 1. The molecule has 1 aromatic rings. The smallest absolute Gasteiger partial charge is 0.0528 e. The van der Waals surface area contributed by atoms with Gasteiger partial charge >= 0.3 is 0 Å². The van der Waals surface area contributed by atoms with E-state index in [1.165, 1.54) is 0 Å². The van der Waals surface area contributed by atoms with E-state index < -0.39 is 0 Å². The predicted molar refractivity (Wildman–Crippen MR) is 56.2 cm³/mol. The Balaban J connectivity index is 2.37. The van der Waals surface area contributed by atoms with Crippen LogP contribution in [-0.4, -0.2) is 17.8 Å². The van der Waals surface area contributed by atoms with Gasteiger partial charge in [0.1, 0.15) is 0 Å². The van der Waals surface area contributed by atoms with Crippen molar-refractivity contribution in [3.05, 3.63) is 29.3 Å². The van der Waals surface area contributed by atoms with E-state index in [2.05, 4.69) is 5.32 Å². The molecule has 0 amide bonds. The summed E-state index contributed by atoms with van der Waals surface area (Å²) in [4.78, 5) is 0. The Morgan fingerprint density at radius 1 is 1.54 bits per heavy atom. The maximum atomic E-state index is 9.02. The van der Waals surface area contributed by atoms with Gasteiger partial charge in [-0.25, -0.2) is 0 Å². The van der Waals surface area contributed by atoms with Crippen molar-refractivity contribution < 1.29 is 5.11 Å². The van der Waals surface area contributed by atoms with Crippen LogP contribution in [0.2, 0.25) is 5.02 Å². The monoisotopic (exact) mass is 199 g/mol. The van der Waals surface area contributed by atoms with Gasteiger partial charge in [0.15, 0.2) is 0 Å². The van der Waals surface area contributed by atoms with Crippen LogP contribution in [-0.2, 0) is 0 Å². The first-order chi connectivity index (χ1) is 6.18. The zero-order chi connectivity index (χ0) is 9.68. The third kappa shape index (κ3) is 4.15. The van der Waals surface area contributed by atoms with Crippen molar-refractivity contribution in [2.24, 2.45) is 0 Å². The molecule has 0 aliphatic heterocycles. The summed E-state index contributed by atoms with van der Waals surface area (Å²) < 4.78 is 0. The van der Waals surface area contributed by atoms with Gasteiger partial charge in [0.2, 0.25) is 0 Å². The van der Waals surface area contributed by atoms with Crippen molar-refractivity contribution in [1.82, 2.24) is 0 Å². The Morgan fingerprint density at radius 2 is 2.31 bits per heavy atom. The van der Waals surface area contributed by atoms with Gasteiger partial charge in [-0.3, -0.25) is 0 Å². The summed E-state index contributed by atoms with van der Waals surface area (Å²) in [6, 6.07) is 7.55. The van der Waals surface area contributed by atoms with Crippen LogP contribution in [0, 0.1) is 0 Å². The Morgan fingerprint density at radius 3 is 2.92 bits per heavy atom. The SMILES string of the molecule is CC(O)CCNc1cccc(Cl)c1. The summed E-state index contributed by atoms with van der Waals surface area (Å²) in [6.45, 7) is 2.54. The normalized spacial score (nSPS) is 12.5. The van der Waals surface area contributed by atoms with E-state index in [0.717, 1.165) is 23.7 Å². The molecule has 0 aliphatic carbocycles. The van der Waals surface area contributed by atoms with Crippen LogP contribution < -0.4 is 5.32 Å². The number of aliphatic hydroxyl groups excluding tert-OH is 1. The number of aliphatic hydroxyl groups is 1. The van der Waals surface area contributed by atoms with Gasteiger partial charge in [-0.1, -0.05) is 17.7 Å². The van der Waals surface area contributed by atoms with Crippen LogP contribution in [0.3, 0.4) is 0 Å². The molecule has 1 rings (SSSR count). The molecule has 0 saturated heterocycles. The van der Waals surface area contributed by atoms with Gasteiger partial charge in [0, 0.05) is 17.3 Å². The van der Waals surface area contributed by atoms with E-state index in [0.29, 0.717) is 0 Å². The molecule has 0 heterocycles. The zero-order valence-electron chi connectivity index (χ0n) is 7.63. The molecule has 0 saturated carbocycles. The van der Waals surface area contributed by atoms with Gasteiger partial charge in [0.25, 0.3) is 0 Å². The second-order valence-electron chi connectivity index (χ2n) is 3.07. The Bertz CT molecular complexity index is 263. The fraction of sp³-hybridized carbons (Fsp3) is 0.400. The molecule has 0 aromatic heterocycles. The fourth-order valence-electron chi connectivity index (χ4n) is 1.02. The lowest BCUT2D eigenvalue weighted by Crippen LogP contribution is -2.09. The topological polar surface area (TPSA) is 32.3 Å². The number of halogens is 1. The van der Waals surface area contributed by atoms with E-state index in [9.17, 15) is 0 Å². The highest BCUT2D eigenvalue weighted by molar-refractivity contribution is 6.30. The van der Waals surface area contributed by atoms with E-state index >= 15 is 0 Å². The van der Waals surface area contributed by atoms with Crippen LogP contribution in [0.1, 0.15) is 13.3 Å². The molecule has 0 aliphatic rings. The minimum Gasteiger partial charge on any atom is -0.393 e. The maximum absolute atomic E-state index is 9.02. The van der Waals surface area contributed by atoms with Crippen molar-refractivity contribution in [3.63, 3.8) is 0 Å².